The second kappa shape index (κ2) is 14.1. The van der Waals surface area contributed by atoms with Gasteiger partial charge in [-0.15, -0.1) is 0 Å². The second-order valence-electron chi connectivity index (χ2n) is 12.6. The molecule has 0 aliphatic rings. The van der Waals surface area contributed by atoms with E-state index in [4.69, 9.17) is 9.97 Å². The van der Waals surface area contributed by atoms with Crippen LogP contribution in [0.3, 0.4) is 0 Å². The van der Waals surface area contributed by atoms with Crippen molar-refractivity contribution in [3.8, 4) is 45.0 Å². The molecule has 0 aliphatic carbocycles. The minimum atomic E-state index is -3.48. The summed E-state index contributed by atoms with van der Waals surface area (Å²) in [6.45, 7) is 0. The molecule has 0 saturated heterocycles. The third-order valence-electron chi connectivity index (χ3n) is 9.41. The highest BCUT2D eigenvalue weighted by molar-refractivity contribution is 7.19. The molecule has 0 radical (unpaired) electrons. The molecule has 8 rings (SSSR count). The highest BCUT2D eigenvalue weighted by Gasteiger charge is 2.42. The fourth-order valence-corrected chi connectivity index (χ4v) is 11.9. The monoisotopic (exact) mass is 696 g/mol. The van der Waals surface area contributed by atoms with E-state index in [0.717, 1.165) is 44.4 Å². The van der Waals surface area contributed by atoms with Gasteiger partial charge in [0.25, 0.3) is 0 Å². The van der Waals surface area contributed by atoms with Crippen LogP contribution in [0.1, 0.15) is 0 Å². The van der Waals surface area contributed by atoms with Crippen molar-refractivity contribution in [2.75, 3.05) is 0 Å². The van der Waals surface area contributed by atoms with Crippen molar-refractivity contribution in [1.82, 2.24) is 9.97 Å². The van der Waals surface area contributed by atoms with E-state index >= 15 is 13.2 Å². The van der Waals surface area contributed by atoms with E-state index in [1.54, 1.807) is 18.2 Å². The van der Waals surface area contributed by atoms with Gasteiger partial charge in [0, 0.05) is 22.3 Å². The van der Waals surface area contributed by atoms with Gasteiger partial charge in [0.2, 0.25) is 0 Å². The van der Waals surface area contributed by atoms with Crippen molar-refractivity contribution in [2.45, 2.75) is 0 Å². The highest BCUT2D eigenvalue weighted by Crippen LogP contribution is 2.39. The first-order valence-electron chi connectivity index (χ1n) is 17.0. The molecule has 1 heterocycles. The molecular formula is C46H31F3N2Si. The van der Waals surface area contributed by atoms with Crippen molar-refractivity contribution in [1.29, 1.82) is 0 Å². The molecule has 0 spiro atoms. The molecule has 0 N–H and O–H groups in total. The summed E-state index contributed by atoms with van der Waals surface area (Å²) in [5, 5.41) is 2.84. The van der Waals surface area contributed by atoms with Crippen molar-refractivity contribution in [2.24, 2.45) is 0 Å². The Hall–Kier alpha value is -6.37. The van der Waals surface area contributed by atoms with Crippen LogP contribution in [0, 0.1) is 17.5 Å². The van der Waals surface area contributed by atoms with E-state index in [0.29, 0.717) is 21.4 Å². The average Bonchev–Trinajstić information content (AvgIpc) is 3.19. The minimum Gasteiger partial charge on any atom is -0.227 e. The lowest BCUT2D eigenvalue weighted by Crippen LogP contribution is -2.75. The minimum absolute atomic E-state index is 0.422. The molecule has 0 amide bonds. The average molecular weight is 697 g/mol. The first-order chi connectivity index (χ1) is 25.5. The van der Waals surface area contributed by atoms with Gasteiger partial charge in [-0.3, -0.25) is 0 Å². The van der Waals surface area contributed by atoms with Crippen LogP contribution in [-0.2, 0) is 0 Å². The largest absolute Gasteiger partial charge is 0.227 e. The molecule has 0 unspecified atom stereocenters. The van der Waals surface area contributed by atoms with Gasteiger partial charge in [-0.2, -0.15) is 0 Å². The number of nitrogens with zero attached hydrogens (tertiary/aromatic N) is 2. The first kappa shape index (κ1) is 32.8. The zero-order valence-electron chi connectivity index (χ0n) is 27.9. The van der Waals surface area contributed by atoms with Gasteiger partial charge in [0.05, 0.1) is 11.4 Å². The molecule has 0 bridgehead atoms. The Morgan fingerprint density at radius 3 is 1.10 bits per heavy atom. The summed E-state index contributed by atoms with van der Waals surface area (Å²) in [5.74, 6) is -0.660. The summed E-state index contributed by atoms with van der Waals surface area (Å²) in [6.07, 6.45) is 0. The van der Waals surface area contributed by atoms with Crippen LogP contribution in [0.5, 0.6) is 0 Å². The van der Waals surface area contributed by atoms with E-state index in [1.807, 2.05) is 133 Å². The molecule has 52 heavy (non-hydrogen) atoms. The van der Waals surface area contributed by atoms with Crippen molar-refractivity contribution < 1.29 is 13.2 Å². The maximum atomic E-state index is 15.1. The zero-order valence-corrected chi connectivity index (χ0v) is 28.9. The van der Waals surface area contributed by atoms with E-state index < -0.39 is 25.5 Å². The Bertz CT molecular complexity index is 2320. The molecule has 0 atom stereocenters. The topological polar surface area (TPSA) is 25.8 Å². The van der Waals surface area contributed by atoms with Gasteiger partial charge in [-0.05, 0) is 62.7 Å². The summed E-state index contributed by atoms with van der Waals surface area (Å²) in [7, 11) is -3.48. The van der Waals surface area contributed by atoms with E-state index in [-0.39, 0.29) is 0 Å². The summed E-state index contributed by atoms with van der Waals surface area (Å²) in [6, 6.07) is 57.3. The van der Waals surface area contributed by atoms with Gasteiger partial charge < -0.3 is 0 Å². The summed E-state index contributed by atoms with van der Waals surface area (Å²) < 4.78 is 45.3. The fraction of sp³-hybridized carbons (Fsp3) is 0. The molecule has 6 heteroatoms. The van der Waals surface area contributed by atoms with E-state index in [1.165, 1.54) is 36.4 Å². The summed E-state index contributed by atoms with van der Waals surface area (Å²) >= 11 is 0. The second-order valence-corrected chi connectivity index (χ2v) is 16.4. The van der Waals surface area contributed by atoms with Gasteiger partial charge in [-0.1, -0.05) is 152 Å². The maximum Gasteiger partial charge on any atom is 0.179 e. The van der Waals surface area contributed by atoms with Crippen LogP contribution < -0.4 is 20.7 Å². The summed E-state index contributed by atoms with van der Waals surface area (Å²) in [5.41, 5.74) is 6.01. The predicted molar refractivity (Wildman–Crippen MR) is 207 cm³/mol. The fourth-order valence-electron chi connectivity index (χ4n) is 7.11. The number of halogens is 3. The molecule has 250 valence electrons. The van der Waals surface area contributed by atoms with E-state index in [2.05, 4.69) is 0 Å². The van der Waals surface area contributed by atoms with Crippen LogP contribution in [0.25, 0.3) is 45.0 Å². The van der Waals surface area contributed by atoms with Gasteiger partial charge in [0.15, 0.2) is 13.9 Å². The van der Waals surface area contributed by atoms with Gasteiger partial charge in [-0.25, -0.2) is 23.1 Å². The highest BCUT2D eigenvalue weighted by atomic mass is 28.3. The van der Waals surface area contributed by atoms with Crippen LogP contribution >= 0.6 is 0 Å². The molecule has 0 saturated carbocycles. The van der Waals surface area contributed by atoms with Crippen molar-refractivity contribution in [3.63, 3.8) is 0 Å². The SMILES string of the molecule is Fc1cccc([Si](c2ccc(-c3c(-c4ccccc4)nc(-c4ccccc4)nc3-c3ccccc3)cc2)(c2cccc(F)c2)c2cccc(F)c2)c1. The summed E-state index contributed by atoms with van der Waals surface area (Å²) in [4.78, 5) is 10.4. The molecular weight excluding hydrogens is 666 g/mol. The molecule has 8 aromatic rings. The molecule has 2 nitrogen and oxygen atoms in total. The Morgan fingerprint density at radius 2 is 0.712 bits per heavy atom. The van der Waals surface area contributed by atoms with Crippen LogP contribution in [0.15, 0.2) is 188 Å². The quantitative estimate of drug-likeness (QED) is 0.117. The normalized spacial score (nSPS) is 11.4. The van der Waals surface area contributed by atoms with Crippen LogP contribution in [0.2, 0.25) is 0 Å². The number of rotatable bonds is 8. The Labute approximate surface area is 301 Å². The maximum absolute atomic E-state index is 15.1. The Morgan fingerprint density at radius 1 is 0.327 bits per heavy atom. The number of hydrogen-bond acceptors (Lipinski definition) is 2. The molecule has 7 aromatic carbocycles. The zero-order chi connectivity index (χ0) is 35.5. The number of benzene rings is 7. The van der Waals surface area contributed by atoms with E-state index in [9.17, 15) is 0 Å². The van der Waals surface area contributed by atoms with Crippen LogP contribution in [0.4, 0.5) is 13.2 Å². The Kier molecular flexibility index (Phi) is 8.89. The van der Waals surface area contributed by atoms with Crippen molar-refractivity contribution in [3.05, 3.63) is 206 Å². The molecule has 0 fully saturated rings. The Balaban J connectivity index is 1.41. The predicted octanol–water partition coefficient (Wildman–Crippen LogP) is 8.94. The lowest BCUT2D eigenvalue weighted by atomic mass is 9.94. The third kappa shape index (κ3) is 6.14. The number of aromatic nitrogens is 2. The molecule has 1 aromatic heterocycles. The standard InChI is InChI=1S/C46H31F3N2Si/c47-36-19-10-22-40(29-36)52(41-23-11-20-37(48)30-41,42-24-12-21-38(49)31-42)39-27-25-32(26-28-39)43-44(33-13-4-1-5-14-33)50-46(35-17-8-3-9-18-35)51-45(43)34-15-6-2-7-16-34/h1-31H. The molecule has 0 aliphatic heterocycles. The van der Waals surface area contributed by atoms with Gasteiger partial charge in [0.1, 0.15) is 17.5 Å². The number of hydrogen-bond donors (Lipinski definition) is 0. The smallest absolute Gasteiger partial charge is 0.179 e. The van der Waals surface area contributed by atoms with Crippen LogP contribution in [-0.4, -0.2) is 18.0 Å². The lowest BCUT2D eigenvalue weighted by Gasteiger charge is -2.34. The van der Waals surface area contributed by atoms with Crippen molar-refractivity contribution >= 4 is 28.8 Å². The van der Waals surface area contributed by atoms with Gasteiger partial charge >= 0.3 is 0 Å². The lowest BCUT2D eigenvalue weighted by molar-refractivity contribution is 0.629. The first-order valence-corrected chi connectivity index (χ1v) is 19.0. The third-order valence-corrected chi connectivity index (χ3v) is 14.1.